The van der Waals surface area contributed by atoms with Crippen LogP contribution in [0.15, 0.2) is 44.5 Å². The molecule has 6 heteroatoms. The van der Waals surface area contributed by atoms with Gasteiger partial charge in [-0.3, -0.25) is 13.9 Å². The zero-order valence-corrected chi connectivity index (χ0v) is 14.2. The smallest absolute Gasteiger partial charge is 0.331 e. The Hall–Kier alpha value is -2.08. The summed E-state index contributed by atoms with van der Waals surface area (Å²) in [6, 6.07) is 9.76. The van der Waals surface area contributed by atoms with Gasteiger partial charge in [-0.2, -0.15) is 0 Å². The van der Waals surface area contributed by atoms with Crippen LogP contribution < -0.4 is 11.2 Å². The zero-order valence-electron chi connectivity index (χ0n) is 12.6. The van der Waals surface area contributed by atoms with Gasteiger partial charge in [0.25, 0.3) is 5.56 Å². The zero-order chi connectivity index (χ0) is 16.0. The average molecular weight is 362 g/mol. The van der Waals surface area contributed by atoms with E-state index < -0.39 is 0 Å². The lowest BCUT2D eigenvalue weighted by Crippen LogP contribution is -2.36. The van der Waals surface area contributed by atoms with Crippen LogP contribution in [0, 0.1) is 0 Å². The third-order valence-corrected chi connectivity index (χ3v) is 4.77. The van der Waals surface area contributed by atoms with Crippen molar-refractivity contribution in [1.82, 2.24) is 13.7 Å². The van der Waals surface area contributed by atoms with Crippen molar-refractivity contribution in [2.75, 3.05) is 0 Å². The third-order valence-electron chi connectivity index (χ3n) is 3.97. The Morgan fingerprint density at radius 2 is 1.68 bits per heavy atom. The molecule has 2 heterocycles. The van der Waals surface area contributed by atoms with Gasteiger partial charge in [0.1, 0.15) is 4.60 Å². The molecule has 0 aliphatic rings. The summed E-state index contributed by atoms with van der Waals surface area (Å²) in [6.07, 6.45) is 0. The fourth-order valence-electron chi connectivity index (χ4n) is 2.85. The van der Waals surface area contributed by atoms with E-state index >= 15 is 0 Å². The minimum absolute atomic E-state index is 0.273. The minimum atomic E-state index is -0.328. The van der Waals surface area contributed by atoms with Crippen LogP contribution in [-0.4, -0.2) is 13.7 Å². The number of fused-ring (bicyclic) bond motifs is 1. The number of aryl methyl sites for hydroxylation is 1. The van der Waals surface area contributed by atoms with E-state index in [-0.39, 0.29) is 11.2 Å². The highest BCUT2D eigenvalue weighted by molar-refractivity contribution is 9.10. The second-order valence-corrected chi connectivity index (χ2v) is 5.93. The number of benzene rings is 1. The molecular formula is C16H16BrN3O2. The van der Waals surface area contributed by atoms with Gasteiger partial charge < -0.3 is 4.57 Å². The van der Waals surface area contributed by atoms with Crippen LogP contribution in [0.3, 0.4) is 0 Å². The van der Waals surface area contributed by atoms with Crippen LogP contribution >= 0.6 is 15.9 Å². The quantitative estimate of drug-likeness (QED) is 0.703. The SMILES string of the molecule is CCn1c(-c2ccccc2)c2c(=O)n(C)c(=O)n(C)c2c1Br. The molecule has 0 amide bonds. The molecule has 0 spiro atoms. The lowest BCUT2D eigenvalue weighted by Gasteiger charge is -2.08. The highest BCUT2D eigenvalue weighted by atomic mass is 79.9. The number of rotatable bonds is 2. The minimum Gasteiger partial charge on any atom is -0.333 e. The number of aromatic nitrogens is 3. The molecule has 3 rings (SSSR count). The van der Waals surface area contributed by atoms with Gasteiger partial charge in [0.05, 0.1) is 16.6 Å². The van der Waals surface area contributed by atoms with Crippen molar-refractivity contribution in [3.63, 3.8) is 0 Å². The molecule has 2 aromatic heterocycles. The van der Waals surface area contributed by atoms with Crippen LogP contribution in [0.4, 0.5) is 0 Å². The highest BCUT2D eigenvalue weighted by Crippen LogP contribution is 2.34. The van der Waals surface area contributed by atoms with E-state index in [1.165, 1.54) is 11.6 Å². The monoisotopic (exact) mass is 361 g/mol. The summed E-state index contributed by atoms with van der Waals surface area (Å²) in [6.45, 7) is 2.70. The van der Waals surface area contributed by atoms with E-state index in [1.807, 2.05) is 41.8 Å². The standard InChI is InChI=1S/C16H16BrN3O2/c1-4-20-12(10-8-6-5-7-9-10)11-13(14(20)17)18(2)16(22)19(3)15(11)21/h5-9H,4H2,1-3H3. The summed E-state index contributed by atoms with van der Waals surface area (Å²) in [4.78, 5) is 24.9. The summed E-state index contributed by atoms with van der Waals surface area (Å²) in [5, 5.41) is 0.560. The Labute approximate surface area is 135 Å². The van der Waals surface area contributed by atoms with Crippen molar-refractivity contribution in [2.24, 2.45) is 14.1 Å². The second-order valence-electron chi connectivity index (χ2n) is 5.18. The number of halogens is 1. The summed E-state index contributed by atoms with van der Waals surface area (Å²) >= 11 is 3.56. The molecule has 0 bridgehead atoms. The molecular weight excluding hydrogens is 346 g/mol. The number of hydrogen-bond donors (Lipinski definition) is 0. The van der Waals surface area contributed by atoms with Crippen molar-refractivity contribution in [1.29, 1.82) is 0 Å². The number of nitrogens with zero attached hydrogens (tertiary/aromatic N) is 3. The fourth-order valence-corrected chi connectivity index (χ4v) is 3.75. The molecule has 0 aliphatic carbocycles. The number of hydrogen-bond acceptors (Lipinski definition) is 2. The Morgan fingerprint density at radius 3 is 2.27 bits per heavy atom. The molecule has 0 atom stereocenters. The summed E-state index contributed by atoms with van der Waals surface area (Å²) in [5.41, 5.74) is 1.82. The molecule has 1 aromatic carbocycles. The lowest BCUT2D eigenvalue weighted by molar-refractivity contribution is 0.711. The predicted molar refractivity (Wildman–Crippen MR) is 91.2 cm³/mol. The predicted octanol–water partition coefficient (Wildman–Crippen LogP) is 2.49. The summed E-state index contributed by atoms with van der Waals surface area (Å²) < 4.78 is 5.43. The van der Waals surface area contributed by atoms with Gasteiger partial charge in [0.2, 0.25) is 0 Å². The molecule has 114 valence electrons. The molecule has 0 fully saturated rings. The topological polar surface area (TPSA) is 48.9 Å². The molecule has 22 heavy (non-hydrogen) atoms. The first-order valence-corrected chi connectivity index (χ1v) is 7.81. The van der Waals surface area contributed by atoms with Gasteiger partial charge in [-0.25, -0.2) is 4.79 Å². The molecule has 0 unspecified atom stereocenters. The van der Waals surface area contributed by atoms with Crippen molar-refractivity contribution in [3.05, 3.63) is 55.8 Å². The maximum absolute atomic E-state index is 12.7. The normalized spacial score (nSPS) is 11.3. The molecule has 0 aliphatic heterocycles. The molecule has 0 saturated carbocycles. The molecule has 5 nitrogen and oxygen atoms in total. The fraction of sp³-hybridized carbons (Fsp3) is 0.250. The first kappa shape index (κ1) is 14.8. The van der Waals surface area contributed by atoms with Crippen LogP contribution in [0.2, 0.25) is 0 Å². The van der Waals surface area contributed by atoms with Gasteiger partial charge in [-0.1, -0.05) is 30.3 Å². The van der Waals surface area contributed by atoms with E-state index in [1.54, 1.807) is 7.05 Å². The van der Waals surface area contributed by atoms with Crippen molar-refractivity contribution < 1.29 is 0 Å². The average Bonchev–Trinajstić information content (AvgIpc) is 2.84. The Bertz CT molecular complexity index is 981. The first-order chi connectivity index (χ1) is 10.5. The Morgan fingerprint density at radius 1 is 1.05 bits per heavy atom. The molecule has 0 radical (unpaired) electrons. The van der Waals surface area contributed by atoms with Crippen LogP contribution in [0.5, 0.6) is 0 Å². The van der Waals surface area contributed by atoms with E-state index in [2.05, 4.69) is 15.9 Å². The lowest BCUT2D eigenvalue weighted by atomic mass is 10.1. The first-order valence-electron chi connectivity index (χ1n) is 7.02. The van der Waals surface area contributed by atoms with Gasteiger partial charge in [-0.05, 0) is 28.4 Å². The van der Waals surface area contributed by atoms with Gasteiger partial charge in [-0.15, -0.1) is 0 Å². The molecule has 0 saturated heterocycles. The van der Waals surface area contributed by atoms with E-state index in [9.17, 15) is 9.59 Å². The summed E-state index contributed by atoms with van der Waals surface area (Å²) in [7, 11) is 3.19. The maximum atomic E-state index is 12.7. The van der Waals surface area contributed by atoms with E-state index in [4.69, 9.17) is 0 Å². The van der Waals surface area contributed by atoms with Gasteiger partial charge >= 0.3 is 5.69 Å². The van der Waals surface area contributed by atoms with Crippen molar-refractivity contribution in [3.8, 4) is 11.3 Å². The summed E-state index contributed by atoms with van der Waals surface area (Å²) in [5.74, 6) is 0. The maximum Gasteiger partial charge on any atom is 0.331 e. The third kappa shape index (κ3) is 1.90. The van der Waals surface area contributed by atoms with Crippen molar-refractivity contribution >= 4 is 26.8 Å². The second kappa shape index (κ2) is 5.28. The van der Waals surface area contributed by atoms with Gasteiger partial charge in [0.15, 0.2) is 0 Å². The van der Waals surface area contributed by atoms with Crippen LogP contribution in [0.1, 0.15) is 6.92 Å². The highest BCUT2D eigenvalue weighted by Gasteiger charge is 2.22. The molecule has 3 aromatic rings. The van der Waals surface area contributed by atoms with Crippen molar-refractivity contribution in [2.45, 2.75) is 13.5 Å². The van der Waals surface area contributed by atoms with E-state index in [0.29, 0.717) is 17.4 Å². The molecule has 0 N–H and O–H groups in total. The van der Waals surface area contributed by atoms with Gasteiger partial charge in [0, 0.05) is 20.6 Å². The Balaban J connectivity index is 2.63. The van der Waals surface area contributed by atoms with E-state index in [0.717, 1.165) is 20.4 Å². The van der Waals surface area contributed by atoms with Crippen LogP contribution in [-0.2, 0) is 20.6 Å². The largest absolute Gasteiger partial charge is 0.333 e. The van der Waals surface area contributed by atoms with Crippen LogP contribution in [0.25, 0.3) is 22.2 Å². The Kier molecular flexibility index (Phi) is 3.56.